The predicted molar refractivity (Wildman–Crippen MR) is 167 cm³/mol. The van der Waals surface area contributed by atoms with Crippen molar-refractivity contribution < 1.29 is 103 Å². The number of carboxylic acids is 1. The van der Waals surface area contributed by atoms with E-state index in [-0.39, 0.29) is 6.61 Å². The molecule has 0 aromatic rings. The molecule has 306 valence electrons. The zero-order valence-electron chi connectivity index (χ0n) is 29.6. The SMILES string of the molecule is CCCO[C@@H]1OC(CO)[C@H](O)C(O[C@@H]2OC(C(=O)O)[C@H](O[C@@H]3O[C@@H](C)[C@H](O)C(O)C3O[C@@H]3O[C@@H](C)[C@H](O)C(OC(C)=O)C3O)C(O)[C@@H]2O)[C@@H]1NC(C)=O. The number of aliphatic carboxylic acids is 1. The van der Waals surface area contributed by atoms with Gasteiger partial charge in [-0.1, -0.05) is 6.92 Å². The summed E-state index contributed by atoms with van der Waals surface area (Å²) in [6, 6.07) is -1.29. The minimum absolute atomic E-state index is 0.126. The topological polar surface area (TPSA) is 328 Å². The van der Waals surface area contributed by atoms with Crippen LogP contribution in [-0.2, 0) is 57.0 Å². The molecule has 20 atom stereocenters. The minimum Gasteiger partial charge on any atom is -0.479 e. The van der Waals surface area contributed by atoms with Gasteiger partial charge in [-0.3, -0.25) is 9.59 Å². The third-order valence-corrected chi connectivity index (χ3v) is 9.24. The first-order valence-electron chi connectivity index (χ1n) is 17.2. The van der Waals surface area contributed by atoms with Crippen LogP contribution in [0.4, 0.5) is 0 Å². The molecule has 0 bridgehead atoms. The maximum absolute atomic E-state index is 12.5. The zero-order valence-corrected chi connectivity index (χ0v) is 29.6. The van der Waals surface area contributed by atoms with E-state index in [0.717, 1.165) is 13.8 Å². The van der Waals surface area contributed by atoms with Crippen molar-refractivity contribution >= 4 is 17.8 Å². The molecule has 4 rings (SSSR count). The number of aliphatic hydroxyl groups is 8. The van der Waals surface area contributed by atoms with Gasteiger partial charge in [0.15, 0.2) is 37.4 Å². The van der Waals surface area contributed by atoms with Crippen LogP contribution in [0.1, 0.15) is 41.0 Å². The molecule has 22 nitrogen and oxygen atoms in total. The molecular formula is C31H51NO21. The Labute approximate surface area is 303 Å². The van der Waals surface area contributed by atoms with Crippen molar-refractivity contribution in [2.45, 2.75) is 164 Å². The van der Waals surface area contributed by atoms with Gasteiger partial charge in [0.25, 0.3) is 0 Å². The summed E-state index contributed by atoms with van der Waals surface area (Å²) < 4.78 is 50.4. The van der Waals surface area contributed by atoms with Gasteiger partial charge in [0.2, 0.25) is 5.91 Å². The van der Waals surface area contributed by atoms with Gasteiger partial charge in [-0.15, -0.1) is 0 Å². The van der Waals surface area contributed by atoms with Crippen molar-refractivity contribution in [2.24, 2.45) is 0 Å². The van der Waals surface area contributed by atoms with Crippen molar-refractivity contribution in [1.82, 2.24) is 5.32 Å². The van der Waals surface area contributed by atoms with Crippen molar-refractivity contribution in [3.63, 3.8) is 0 Å². The monoisotopic (exact) mass is 773 g/mol. The quantitative estimate of drug-likeness (QED) is 0.0781. The van der Waals surface area contributed by atoms with Crippen molar-refractivity contribution in [3.05, 3.63) is 0 Å². The molecule has 4 heterocycles. The van der Waals surface area contributed by atoms with E-state index in [1.807, 2.05) is 0 Å². The standard InChI is InChI=1S/C31H51NO21/c1-6-7-45-28-14(32-11(4)34)22(17(38)13(8-33)49-28)50-29-20(41)19(40)24(26(53-29)27(43)44)51-31-25(18(39)15(36)9(2)47-31)52-30-21(42)23(48-12(5)35)16(37)10(3)46-30/h9-10,13-26,28-31,33,36-42H,6-8H2,1-5H3,(H,32,34)(H,43,44)/t9-,10-,13?,14-,15-,16-,17-,18?,19?,20-,21?,22?,23?,24+,25?,26?,28+,29+,30-,31-/m0/s1. The molecule has 0 spiro atoms. The summed E-state index contributed by atoms with van der Waals surface area (Å²) in [6.07, 6.45) is -32.0. The average molecular weight is 774 g/mol. The summed E-state index contributed by atoms with van der Waals surface area (Å²) in [6.45, 7) is 6.06. The number of hydrogen-bond donors (Lipinski definition) is 10. The molecule has 0 aromatic carbocycles. The summed E-state index contributed by atoms with van der Waals surface area (Å²) in [5.74, 6) is -3.22. The number of carboxylic acid groups (broad SMARTS) is 1. The molecule has 4 fully saturated rings. The number of ether oxygens (including phenoxy) is 9. The first kappa shape index (κ1) is 43.5. The average Bonchev–Trinajstić information content (AvgIpc) is 3.09. The highest BCUT2D eigenvalue weighted by atomic mass is 16.8. The summed E-state index contributed by atoms with van der Waals surface area (Å²) in [4.78, 5) is 36.3. The third-order valence-electron chi connectivity index (χ3n) is 9.24. The number of hydrogen-bond acceptors (Lipinski definition) is 20. The van der Waals surface area contributed by atoms with E-state index in [4.69, 9.17) is 42.6 Å². The maximum Gasteiger partial charge on any atom is 0.335 e. The van der Waals surface area contributed by atoms with Crippen LogP contribution in [-0.4, -0.2) is 200 Å². The molecule has 4 aliphatic rings. The molecule has 22 heteroatoms. The van der Waals surface area contributed by atoms with Crippen LogP contribution in [0.5, 0.6) is 0 Å². The normalized spacial score (nSPS) is 46.4. The third kappa shape index (κ3) is 9.78. The number of carbonyl (C=O) groups is 3. The Morgan fingerprint density at radius 3 is 1.79 bits per heavy atom. The molecule has 0 aromatic heterocycles. The zero-order chi connectivity index (χ0) is 39.5. The largest absolute Gasteiger partial charge is 0.479 e. The maximum atomic E-state index is 12.5. The smallest absolute Gasteiger partial charge is 0.335 e. The Balaban J connectivity index is 1.58. The predicted octanol–water partition coefficient (Wildman–Crippen LogP) is -5.45. The fourth-order valence-electron chi connectivity index (χ4n) is 6.46. The Bertz CT molecular complexity index is 1230. The van der Waals surface area contributed by atoms with Crippen LogP contribution >= 0.6 is 0 Å². The van der Waals surface area contributed by atoms with Gasteiger partial charge in [-0.2, -0.15) is 0 Å². The molecule has 1 amide bonds. The molecule has 0 radical (unpaired) electrons. The van der Waals surface area contributed by atoms with Gasteiger partial charge in [-0.25, -0.2) is 4.79 Å². The Hall–Kier alpha value is -2.23. The molecule has 53 heavy (non-hydrogen) atoms. The number of esters is 1. The van der Waals surface area contributed by atoms with Gasteiger partial charge >= 0.3 is 11.9 Å². The molecular weight excluding hydrogens is 722 g/mol. The van der Waals surface area contributed by atoms with Gasteiger partial charge in [0.1, 0.15) is 73.2 Å². The lowest BCUT2D eigenvalue weighted by Gasteiger charge is -2.49. The van der Waals surface area contributed by atoms with E-state index in [0.29, 0.717) is 6.42 Å². The second kappa shape index (κ2) is 18.6. The van der Waals surface area contributed by atoms with Crippen LogP contribution < -0.4 is 5.32 Å². The second-order valence-corrected chi connectivity index (χ2v) is 13.3. The molecule has 0 saturated carbocycles. The molecule has 4 aliphatic heterocycles. The fraction of sp³-hybridized carbons (Fsp3) is 0.903. The van der Waals surface area contributed by atoms with Crippen molar-refractivity contribution in [1.29, 1.82) is 0 Å². The summed E-state index contributed by atoms with van der Waals surface area (Å²) in [7, 11) is 0. The molecule has 10 N–H and O–H groups in total. The van der Waals surface area contributed by atoms with E-state index in [2.05, 4.69) is 5.32 Å². The van der Waals surface area contributed by atoms with E-state index in [1.165, 1.54) is 13.8 Å². The van der Waals surface area contributed by atoms with Gasteiger partial charge in [0.05, 0.1) is 18.8 Å². The summed E-state index contributed by atoms with van der Waals surface area (Å²) in [5, 5.41) is 98.9. The fourth-order valence-corrected chi connectivity index (χ4v) is 6.46. The molecule has 0 aliphatic carbocycles. The molecule has 4 saturated heterocycles. The number of aliphatic hydroxyl groups excluding tert-OH is 8. The Morgan fingerprint density at radius 1 is 0.642 bits per heavy atom. The highest BCUT2D eigenvalue weighted by molar-refractivity contribution is 5.74. The van der Waals surface area contributed by atoms with E-state index < -0.39 is 147 Å². The number of nitrogens with one attached hydrogen (secondary N) is 1. The van der Waals surface area contributed by atoms with Gasteiger partial charge in [0, 0.05) is 20.5 Å². The number of rotatable bonds is 13. The minimum atomic E-state index is -2.17. The van der Waals surface area contributed by atoms with E-state index in [1.54, 1.807) is 6.92 Å². The van der Waals surface area contributed by atoms with Crippen LogP contribution in [0.25, 0.3) is 0 Å². The lowest BCUT2D eigenvalue weighted by Crippen LogP contribution is -2.69. The van der Waals surface area contributed by atoms with Gasteiger partial charge < -0.3 is 93.9 Å². The van der Waals surface area contributed by atoms with Crippen molar-refractivity contribution in [3.8, 4) is 0 Å². The van der Waals surface area contributed by atoms with E-state index >= 15 is 0 Å². The Morgan fingerprint density at radius 2 is 1.21 bits per heavy atom. The van der Waals surface area contributed by atoms with E-state index in [9.17, 15) is 60.3 Å². The highest BCUT2D eigenvalue weighted by Crippen LogP contribution is 2.35. The van der Waals surface area contributed by atoms with Crippen molar-refractivity contribution in [2.75, 3.05) is 13.2 Å². The van der Waals surface area contributed by atoms with Crippen LogP contribution in [0.3, 0.4) is 0 Å². The molecule has 8 unspecified atom stereocenters. The number of amides is 1. The first-order valence-corrected chi connectivity index (χ1v) is 17.2. The van der Waals surface area contributed by atoms with Crippen LogP contribution in [0, 0.1) is 0 Å². The Kier molecular flexibility index (Phi) is 15.3. The summed E-state index contributed by atoms with van der Waals surface area (Å²) >= 11 is 0. The van der Waals surface area contributed by atoms with Crippen LogP contribution in [0.2, 0.25) is 0 Å². The lowest BCUT2D eigenvalue weighted by molar-refractivity contribution is -0.387. The lowest BCUT2D eigenvalue weighted by atomic mass is 9.94. The number of carbonyl (C=O) groups excluding carboxylic acids is 2. The highest BCUT2D eigenvalue weighted by Gasteiger charge is 2.57. The first-order chi connectivity index (χ1) is 24.9. The second-order valence-electron chi connectivity index (χ2n) is 13.3. The van der Waals surface area contributed by atoms with Gasteiger partial charge in [-0.05, 0) is 20.3 Å². The summed E-state index contributed by atoms with van der Waals surface area (Å²) in [5.41, 5.74) is 0. The van der Waals surface area contributed by atoms with Crippen LogP contribution in [0.15, 0.2) is 0 Å².